The number of amides is 1. The lowest BCUT2D eigenvalue weighted by atomic mass is 10.1. The SMILES string of the molecule is O=C(OC(/C=C/c1ccccc1)C(=O)NCc1ccccc1)c1ccccc1. The summed E-state index contributed by atoms with van der Waals surface area (Å²) in [5, 5.41) is 2.82. The van der Waals surface area contributed by atoms with Crippen molar-refractivity contribution in [3.8, 4) is 0 Å². The lowest BCUT2D eigenvalue weighted by Gasteiger charge is -2.15. The van der Waals surface area contributed by atoms with Gasteiger partial charge in [0.05, 0.1) is 5.56 Å². The number of nitrogens with one attached hydrogen (secondary N) is 1. The molecule has 0 saturated heterocycles. The molecule has 0 aliphatic heterocycles. The van der Waals surface area contributed by atoms with Crippen molar-refractivity contribution in [2.75, 3.05) is 0 Å². The Balaban J connectivity index is 1.72. The summed E-state index contributed by atoms with van der Waals surface area (Å²) in [6.45, 7) is 0.359. The van der Waals surface area contributed by atoms with E-state index >= 15 is 0 Å². The molecule has 0 heterocycles. The number of benzene rings is 3. The van der Waals surface area contributed by atoms with E-state index in [9.17, 15) is 9.59 Å². The third kappa shape index (κ3) is 5.68. The third-order valence-electron chi connectivity index (χ3n) is 4.07. The van der Waals surface area contributed by atoms with E-state index in [-0.39, 0.29) is 5.91 Å². The van der Waals surface area contributed by atoms with Crippen LogP contribution in [0.4, 0.5) is 0 Å². The van der Waals surface area contributed by atoms with E-state index in [1.165, 1.54) is 0 Å². The Kier molecular flexibility index (Phi) is 6.74. The number of hydrogen-bond acceptors (Lipinski definition) is 3. The summed E-state index contributed by atoms with van der Waals surface area (Å²) in [5.74, 6) is -0.918. The van der Waals surface area contributed by atoms with Gasteiger partial charge in [-0.3, -0.25) is 4.79 Å². The van der Waals surface area contributed by atoms with Crippen LogP contribution in [0, 0.1) is 0 Å². The van der Waals surface area contributed by atoms with Crippen molar-refractivity contribution in [2.45, 2.75) is 12.6 Å². The largest absolute Gasteiger partial charge is 0.444 e. The first-order valence-electron chi connectivity index (χ1n) is 9.03. The molecule has 1 N–H and O–H groups in total. The number of hydrogen-bond donors (Lipinski definition) is 1. The molecule has 0 saturated carbocycles. The molecule has 0 aliphatic rings. The smallest absolute Gasteiger partial charge is 0.339 e. The number of ether oxygens (including phenoxy) is 1. The summed E-state index contributed by atoms with van der Waals surface area (Å²) < 4.78 is 5.47. The van der Waals surface area contributed by atoms with Crippen molar-refractivity contribution in [3.05, 3.63) is 114 Å². The van der Waals surface area contributed by atoms with Crippen LogP contribution in [0.1, 0.15) is 21.5 Å². The molecule has 28 heavy (non-hydrogen) atoms. The number of esters is 1. The van der Waals surface area contributed by atoms with Crippen LogP contribution >= 0.6 is 0 Å². The predicted molar refractivity (Wildman–Crippen MR) is 109 cm³/mol. The average Bonchev–Trinajstić information content (AvgIpc) is 2.77. The Hall–Kier alpha value is -3.66. The van der Waals surface area contributed by atoms with Crippen molar-refractivity contribution in [1.29, 1.82) is 0 Å². The van der Waals surface area contributed by atoms with Gasteiger partial charge in [-0.1, -0.05) is 84.9 Å². The molecule has 1 atom stereocenters. The zero-order valence-corrected chi connectivity index (χ0v) is 15.3. The summed E-state index contributed by atoms with van der Waals surface area (Å²) >= 11 is 0. The van der Waals surface area contributed by atoms with Gasteiger partial charge in [-0.15, -0.1) is 0 Å². The van der Waals surface area contributed by atoms with E-state index in [0.717, 1.165) is 11.1 Å². The Bertz CT molecular complexity index is 922. The Morgan fingerprint density at radius 3 is 2.04 bits per heavy atom. The summed E-state index contributed by atoms with van der Waals surface area (Å²) in [5.41, 5.74) is 2.28. The Morgan fingerprint density at radius 2 is 1.39 bits per heavy atom. The summed E-state index contributed by atoms with van der Waals surface area (Å²) in [6.07, 6.45) is 2.33. The molecule has 0 aromatic heterocycles. The van der Waals surface area contributed by atoms with E-state index in [1.54, 1.807) is 36.4 Å². The van der Waals surface area contributed by atoms with Crippen LogP contribution in [0.5, 0.6) is 0 Å². The van der Waals surface area contributed by atoms with Crippen LogP contribution in [0.15, 0.2) is 97.1 Å². The van der Waals surface area contributed by atoms with Gasteiger partial charge in [0.2, 0.25) is 0 Å². The van der Waals surface area contributed by atoms with Gasteiger partial charge in [-0.25, -0.2) is 4.79 Å². The molecule has 3 aromatic rings. The first-order valence-corrected chi connectivity index (χ1v) is 9.03. The summed E-state index contributed by atoms with van der Waals surface area (Å²) in [4.78, 5) is 25.1. The average molecular weight is 371 g/mol. The van der Waals surface area contributed by atoms with Crippen LogP contribution in [0.25, 0.3) is 6.08 Å². The molecule has 140 valence electrons. The number of carbonyl (C=O) groups excluding carboxylic acids is 2. The maximum absolute atomic E-state index is 12.7. The molecular weight excluding hydrogens is 350 g/mol. The number of carbonyl (C=O) groups is 2. The molecule has 0 fully saturated rings. The molecule has 3 aromatic carbocycles. The van der Waals surface area contributed by atoms with Crippen molar-refractivity contribution in [3.63, 3.8) is 0 Å². The minimum Gasteiger partial charge on any atom is -0.444 e. The molecule has 3 rings (SSSR count). The highest BCUT2D eigenvalue weighted by atomic mass is 16.5. The van der Waals surface area contributed by atoms with E-state index in [1.807, 2.05) is 66.7 Å². The highest BCUT2D eigenvalue weighted by molar-refractivity contribution is 5.93. The zero-order valence-electron chi connectivity index (χ0n) is 15.3. The van der Waals surface area contributed by atoms with Crippen molar-refractivity contribution < 1.29 is 14.3 Å². The van der Waals surface area contributed by atoms with Crippen molar-refractivity contribution >= 4 is 18.0 Å². The zero-order chi connectivity index (χ0) is 19.6. The Morgan fingerprint density at radius 1 is 0.821 bits per heavy atom. The maximum atomic E-state index is 12.7. The molecular formula is C24H21NO3. The molecule has 1 amide bonds. The van der Waals surface area contributed by atoms with E-state index < -0.39 is 12.1 Å². The van der Waals surface area contributed by atoms with Crippen LogP contribution in [-0.4, -0.2) is 18.0 Å². The van der Waals surface area contributed by atoms with E-state index in [2.05, 4.69) is 5.32 Å². The molecule has 1 unspecified atom stereocenters. The fraction of sp³-hybridized carbons (Fsp3) is 0.0833. The lowest BCUT2D eigenvalue weighted by molar-refractivity contribution is -0.127. The minimum absolute atomic E-state index is 0.359. The van der Waals surface area contributed by atoms with E-state index in [4.69, 9.17) is 4.74 Å². The van der Waals surface area contributed by atoms with Gasteiger partial charge in [0.1, 0.15) is 0 Å². The monoisotopic (exact) mass is 371 g/mol. The van der Waals surface area contributed by atoms with Gasteiger partial charge in [0.15, 0.2) is 6.10 Å². The Labute approximate surface area is 164 Å². The lowest BCUT2D eigenvalue weighted by Crippen LogP contribution is -2.36. The third-order valence-corrected chi connectivity index (χ3v) is 4.07. The number of rotatable bonds is 7. The second-order valence-corrected chi connectivity index (χ2v) is 6.17. The van der Waals surface area contributed by atoms with Gasteiger partial charge in [0, 0.05) is 6.54 Å². The molecule has 4 nitrogen and oxygen atoms in total. The maximum Gasteiger partial charge on any atom is 0.339 e. The normalized spacial score (nSPS) is 11.7. The van der Waals surface area contributed by atoms with Crippen LogP contribution in [-0.2, 0) is 16.1 Å². The summed E-state index contributed by atoms with van der Waals surface area (Å²) in [6, 6.07) is 27.7. The van der Waals surface area contributed by atoms with Crippen molar-refractivity contribution in [1.82, 2.24) is 5.32 Å². The topological polar surface area (TPSA) is 55.4 Å². The predicted octanol–water partition coefficient (Wildman–Crippen LogP) is 4.24. The van der Waals surface area contributed by atoms with Crippen LogP contribution in [0.3, 0.4) is 0 Å². The molecule has 0 radical (unpaired) electrons. The van der Waals surface area contributed by atoms with Gasteiger partial charge in [-0.05, 0) is 29.3 Å². The fourth-order valence-electron chi connectivity index (χ4n) is 2.59. The van der Waals surface area contributed by atoms with Gasteiger partial charge in [-0.2, -0.15) is 0 Å². The fourth-order valence-corrected chi connectivity index (χ4v) is 2.59. The molecule has 4 heteroatoms. The highest BCUT2D eigenvalue weighted by Crippen LogP contribution is 2.09. The minimum atomic E-state index is -1.03. The van der Waals surface area contributed by atoms with Crippen LogP contribution < -0.4 is 5.32 Å². The quantitative estimate of drug-likeness (QED) is 0.632. The molecule has 0 aliphatic carbocycles. The van der Waals surface area contributed by atoms with Crippen LogP contribution in [0.2, 0.25) is 0 Å². The van der Waals surface area contributed by atoms with Gasteiger partial charge < -0.3 is 10.1 Å². The first-order chi connectivity index (χ1) is 13.7. The van der Waals surface area contributed by atoms with Gasteiger partial charge in [0.25, 0.3) is 5.91 Å². The second kappa shape index (κ2) is 9.88. The van der Waals surface area contributed by atoms with E-state index in [0.29, 0.717) is 12.1 Å². The van der Waals surface area contributed by atoms with Crippen molar-refractivity contribution in [2.24, 2.45) is 0 Å². The van der Waals surface area contributed by atoms with Gasteiger partial charge >= 0.3 is 5.97 Å². The second-order valence-electron chi connectivity index (χ2n) is 6.17. The molecule has 0 bridgehead atoms. The standard InChI is InChI=1S/C24H21NO3/c26-23(25-18-20-12-6-2-7-13-20)22(17-16-19-10-4-1-5-11-19)28-24(27)21-14-8-3-9-15-21/h1-17,22H,18H2,(H,25,26)/b17-16+. The highest BCUT2D eigenvalue weighted by Gasteiger charge is 2.21. The first kappa shape index (κ1) is 19.1. The molecule has 0 spiro atoms. The summed E-state index contributed by atoms with van der Waals surface area (Å²) in [7, 11) is 0.